The van der Waals surface area contributed by atoms with Crippen molar-refractivity contribution in [2.75, 3.05) is 0 Å². The molecule has 0 saturated carbocycles. The number of rotatable bonds is 1. The van der Waals surface area contributed by atoms with Crippen molar-refractivity contribution in [3.05, 3.63) is 30.5 Å². The van der Waals surface area contributed by atoms with Gasteiger partial charge in [0, 0.05) is 0 Å². The van der Waals surface area contributed by atoms with Gasteiger partial charge < -0.3 is 0 Å². The van der Waals surface area contributed by atoms with E-state index in [1.165, 1.54) is 0 Å². The van der Waals surface area contributed by atoms with Gasteiger partial charge in [-0.15, -0.1) is 0 Å². The van der Waals surface area contributed by atoms with Crippen LogP contribution >= 0.6 is 0 Å². The Morgan fingerprint density at radius 3 is 2.75 bits per heavy atom. The van der Waals surface area contributed by atoms with E-state index in [1.807, 2.05) is 24.3 Å². The van der Waals surface area contributed by atoms with E-state index in [1.54, 1.807) is 6.20 Å². The second kappa shape index (κ2) is 2.81. The molecule has 0 unspecified atom stereocenters. The second-order valence-corrected chi connectivity index (χ2v) is 2.44. The van der Waals surface area contributed by atoms with E-state index in [-0.39, 0.29) is 0 Å². The van der Waals surface area contributed by atoms with Gasteiger partial charge in [-0.25, -0.2) is 0 Å². The summed E-state index contributed by atoms with van der Waals surface area (Å²) in [5, 5.41) is 10.2. The number of benzene rings is 1. The minimum atomic E-state index is 0.714. The largest absolute Gasteiger partial charge is 0.197 e. The normalized spacial score (nSPS) is 10.0. The summed E-state index contributed by atoms with van der Waals surface area (Å²) in [7, 11) is 5.73. The summed E-state index contributed by atoms with van der Waals surface area (Å²) >= 11 is 0. The predicted molar refractivity (Wildman–Crippen MR) is 47.2 cm³/mol. The highest BCUT2D eigenvalue weighted by atomic mass is 15.3. The van der Waals surface area contributed by atoms with Crippen molar-refractivity contribution in [1.29, 1.82) is 0 Å². The Morgan fingerprint density at radius 1 is 1.25 bits per heavy atom. The van der Waals surface area contributed by atoms with E-state index in [0.717, 1.165) is 11.3 Å². The van der Waals surface area contributed by atoms with Crippen LogP contribution in [0.25, 0.3) is 11.3 Å². The topological polar surface area (TPSA) is 41.6 Å². The fraction of sp³-hybridized carbons (Fsp3) is 0. The first-order valence-corrected chi connectivity index (χ1v) is 3.58. The first-order valence-electron chi connectivity index (χ1n) is 3.58. The van der Waals surface area contributed by atoms with Crippen LogP contribution < -0.4 is 5.46 Å². The van der Waals surface area contributed by atoms with Crippen LogP contribution in [-0.4, -0.2) is 23.3 Å². The molecule has 12 heavy (non-hydrogen) atoms. The van der Waals surface area contributed by atoms with Crippen LogP contribution in [0.2, 0.25) is 0 Å². The monoisotopic (exact) mass is 155 g/mol. The van der Waals surface area contributed by atoms with E-state index in [2.05, 4.69) is 15.4 Å². The first kappa shape index (κ1) is 7.09. The van der Waals surface area contributed by atoms with Gasteiger partial charge in [-0.2, -0.15) is 15.4 Å². The van der Waals surface area contributed by atoms with E-state index in [4.69, 9.17) is 7.85 Å². The standard InChI is InChI=1S/C8H6BN3/c9-7-4-2-1-3-6(7)8-5-10-12-11-8/h1-5H,(H,10,11,12). The zero-order valence-corrected chi connectivity index (χ0v) is 6.36. The fourth-order valence-corrected chi connectivity index (χ4v) is 1.06. The third kappa shape index (κ3) is 1.11. The van der Waals surface area contributed by atoms with Crippen LogP contribution in [0.3, 0.4) is 0 Å². The number of hydrogen-bond acceptors (Lipinski definition) is 2. The molecule has 0 aliphatic carbocycles. The Morgan fingerprint density at radius 2 is 2.08 bits per heavy atom. The zero-order valence-electron chi connectivity index (χ0n) is 6.36. The summed E-state index contributed by atoms with van der Waals surface area (Å²) < 4.78 is 0. The molecule has 0 aliphatic heterocycles. The van der Waals surface area contributed by atoms with Gasteiger partial charge in [0.05, 0.1) is 6.20 Å². The Hall–Kier alpha value is -1.58. The average molecular weight is 155 g/mol. The van der Waals surface area contributed by atoms with E-state index in [0.29, 0.717) is 5.46 Å². The van der Waals surface area contributed by atoms with E-state index < -0.39 is 0 Å². The molecule has 0 saturated heterocycles. The summed E-state index contributed by atoms with van der Waals surface area (Å²) in [4.78, 5) is 0. The van der Waals surface area contributed by atoms with Crippen molar-refractivity contribution in [3.8, 4) is 11.3 Å². The maximum Gasteiger partial charge on any atom is 0.114 e. The Labute approximate surface area is 71.2 Å². The lowest BCUT2D eigenvalue weighted by Gasteiger charge is -1.99. The highest BCUT2D eigenvalue weighted by Crippen LogP contribution is 2.10. The van der Waals surface area contributed by atoms with Gasteiger partial charge in [0.1, 0.15) is 13.5 Å². The number of nitrogens with zero attached hydrogens (tertiary/aromatic N) is 2. The molecule has 0 aliphatic rings. The van der Waals surface area contributed by atoms with Crippen LogP contribution in [0.1, 0.15) is 0 Å². The van der Waals surface area contributed by atoms with Gasteiger partial charge in [0.15, 0.2) is 0 Å². The lowest BCUT2D eigenvalue weighted by Crippen LogP contribution is -2.05. The Bertz CT molecular complexity index is 370. The molecule has 1 aromatic carbocycles. The lowest BCUT2D eigenvalue weighted by atomic mass is 9.89. The maximum absolute atomic E-state index is 5.73. The molecule has 2 rings (SSSR count). The summed E-state index contributed by atoms with van der Waals surface area (Å²) in [5.41, 5.74) is 2.39. The van der Waals surface area contributed by atoms with Gasteiger partial charge in [-0.05, 0) is 5.56 Å². The highest BCUT2D eigenvalue weighted by molar-refractivity contribution is 6.35. The molecular formula is C8H6BN3. The number of nitrogens with one attached hydrogen (secondary N) is 1. The average Bonchev–Trinajstić information content (AvgIpc) is 2.57. The predicted octanol–water partition coefficient (Wildman–Crippen LogP) is 0.265. The fourth-order valence-electron chi connectivity index (χ4n) is 1.06. The molecule has 0 bridgehead atoms. The SMILES string of the molecule is [B]c1ccccc1-c1cn[nH]n1. The van der Waals surface area contributed by atoms with Crippen LogP contribution in [0.5, 0.6) is 0 Å². The smallest absolute Gasteiger partial charge is 0.114 e. The van der Waals surface area contributed by atoms with Crippen LogP contribution in [0.4, 0.5) is 0 Å². The molecule has 3 nitrogen and oxygen atoms in total. The van der Waals surface area contributed by atoms with Gasteiger partial charge in [-0.3, -0.25) is 0 Å². The Balaban J connectivity index is 2.55. The van der Waals surface area contributed by atoms with Gasteiger partial charge in [-0.1, -0.05) is 29.7 Å². The van der Waals surface area contributed by atoms with Crippen LogP contribution in [-0.2, 0) is 0 Å². The molecule has 0 amide bonds. The number of hydrogen-bond donors (Lipinski definition) is 1. The Kier molecular flexibility index (Phi) is 1.66. The molecule has 0 spiro atoms. The van der Waals surface area contributed by atoms with Crippen LogP contribution in [0.15, 0.2) is 30.5 Å². The first-order chi connectivity index (χ1) is 5.88. The van der Waals surface area contributed by atoms with Crippen molar-refractivity contribution >= 4 is 13.3 Å². The van der Waals surface area contributed by atoms with Crippen molar-refractivity contribution in [2.45, 2.75) is 0 Å². The summed E-state index contributed by atoms with van der Waals surface area (Å²) in [5.74, 6) is 0. The van der Waals surface area contributed by atoms with Crippen molar-refractivity contribution in [3.63, 3.8) is 0 Å². The molecule has 0 atom stereocenters. The molecule has 2 aromatic rings. The minimum Gasteiger partial charge on any atom is -0.197 e. The van der Waals surface area contributed by atoms with Gasteiger partial charge >= 0.3 is 0 Å². The zero-order chi connectivity index (χ0) is 8.39. The van der Waals surface area contributed by atoms with Crippen molar-refractivity contribution in [1.82, 2.24) is 15.4 Å². The second-order valence-electron chi connectivity index (χ2n) is 2.44. The number of H-pyrrole nitrogens is 1. The molecule has 1 aromatic heterocycles. The maximum atomic E-state index is 5.73. The summed E-state index contributed by atoms with van der Waals surface area (Å²) in [6.07, 6.45) is 1.64. The summed E-state index contributed by atoms with van der Waals surface area (Å²) in [6.45, 7) is 0. The molecule has 1 heterocycles. The third-order valence-electron chi connectivity index (χ3n) is 1.65. The number of aromatic amines is 1. The van der Waals surface area contributed by atoms with Crippen molar-refractivity contribution in [2.24, 2.45) is 0 Å². The van der Waals surface area contributed by atoms with Crippen LogP contribution in [0, 0.1) is 0 Å². The van der Waals surface area contributed by atoms with Gasteiger partial charge in [0.2, 0.25) is 0 Å². The third-order valence-corrected chi connectivity index (χ3v) is 1.65. The quantitative estimate of drug-likeness (QED) is 0.600. The molecule has 4 heteroatoms. The number of aromatic nitrogens is 3. The molecule has 1 N–H and O–H groups in total. The highest BCUT2D eigenvalue weighted by Gasteiger charge is 2.01. The molecule has 2 radical (unpaired) electrons. The van der Waals surface area contributed by atoms with Gasteiger partial charge in [0.25, 0.3) is 0 Å². The van der Waals surface area contributed by atoms with Crippen molar-refractivity contribution < 1.29 is 0 Å². The van der Waals surface area contributed by atoms with E-state index >= 15 is 0 Å². The molecule has 56 valence electrons. The summed E-state index contributed by atoms with van der Waals surface area (Å²) in [6, 6.07) is 7.55. The molecule has 0 fully saturated rings. The molecular weight excluding hydrogens is 149 g/mol. The lowest BCUT2D eigenvalue weighted by molar-refractivity contribution is 0.942. The van der Waals surface area contributed by atoms with E-state index in [9.17, 15) is 0 Å². The minimum absolute atomic E-state index is 0.714.